The lowest BCUT2D eigenvalue weighted by molar-refractivity contribution is -0.274. The Bertz CT molecular complexity index is 1150. The molecule has 158 valence electrons. The zero-order chi connectivity index (χ0) is 22.1. The number of hydrogen-bond donors (Lipinski definition) is 1. The number of amides is 1. The number of aromatic nitrogens is 2. The Labute approximate surface area is 165 Å². The number of halogens is 5. The van der Waals surface area contributed by atoms with Gasteiger partial charge in [-0.05, 0) is 29.8 Å². The zero-order valence-corrected chi connectivity index (χ0v) is 15.4. The Morgan fingerprint density at radius 2 is 1.80 bits per heavy atom. The maximum atomic E-state index is 13.3. The molecule has 3 aromatic rings. The third-order valence-electron chi connectivity index (χ3n) is 3.98. The van der Waals surface area contributed by atoms with Crippen molar-refractivity contribution in [3.63, 3.8) is 0 Å². The van der Waals surface area contributed by atoms with Crippen LogP contribution in [0.5, 0.6) is 5.75 Å². The van der Waals surface area contributed by atoms with Gasteiger partial charge in [0.15, 0.2) is 0 Å². The molecule has 0 fully saturated rings. The monoisotopic (exact) mass is 427 g/mol. The second-order valence-corrected chi connectivity index (χ2v) is 6.24. The lowest BCUT2D eigenvalue weighted by atomic mass is 10.1. The number of fused-ring (bicyclic) bond motifs is 1. The minimum Gasteiger partial charge on any atom is -0.406 e. The molecule has 11 heteroatoms. The van der Waals surface area contributed by atoms with Crippen LogP contribution in [0.3, 0.4) is 0 Å². The third-order valence-corrected chi connectivity index (χ3v) is 3.98. The highest BCUT2D eigenvalue weighted by Gasteiger charge is 2.31. The summed E-state index contributed by atoms with van der Waals surface area (Å²) >= 11 is 0. The van der Waals surface area contributed by atoms with Crippen molar-refractivity contribution in [2.24, 2.45) is 0 Å². The molecule has 0 atom stereocenters. The Morgan fingerprint density at radius 3 is 2.40 bits per heavy atom. The van der Waals surface area contributed by atoms with Crippen LogP contribution in [0.4, 0.5) is 22.0 Å². The van der Waals surface area contributed by atoms with Gasteiger partial charge in [0.2, 0.25) is 5.91 Å². The molecule has 0 radical (unpaired) electrons. The molecule has 0 aliphatic carbocycles. The summed E-state index contributed by atoms with van der Waals surface area (Å²) in [6, 6.07) is 5.62. The molecule has 0 saturated heterocycles. The highest BCUT2D eigenvalue weighted by molar-refractivity contribution is 5.86. The smallest absolute Gasteiger partial charge is 0.406 e. The number of rotatable bonds is 5. The number of carbonyl (C=O) groups is 1. The van der Waals surface area contributed by atoms with Crippen LogP contribution in [0.2, 0.25) is 0 Å². The molecule has 1 amide bonds. The quantitative estimate of drug-likeness (QED) is 0.634. The van der Waals surface area contributed by atoms with E-state index in [1.54, 1.807) is 6.92 Å². The van der Waals surface area contributed by atoms with Gasteiger partial charge in [-0.3, -0.25) is 15.0 Å². The maximum Gasteiger partial charge on any atom is 0.573 e. The average molecular weight is 427 g/mol. The molecule has 0 aliphatic heterocycles. The van der Waals surface area contributed by atoms with Crippen LogP contribution in [-0.2, 0) is 17.6 Å². The van der Waals surface area contributed by atoms with Crippen molar-refractivity contribution in [2.75, 3.05) is 5.43 Å². The topological polar surface area (TPSA) is 73.2 Å². The number of nitrogens with zero attached hydrogens (tertiary/aromatic N) is 2. The Morgan fingerprint density at radius 1 is 1.13 bits per heavy atom. The number of alkyl halides is 3. The van der Waals surface area contributed by atoms with E-state index in [9.17, 15) is 31.5 Å². The van der Waals surface area contributed by atoms with Crippen molar-refractivity contribution in [3.8, 4) is 5.75 Å². The summed E-state index contributed by atoms with van der Waals surface area (Å²) in [5.74, 6) is -2.92. The van der Waals surface area contributed by atoms with E-state index < -0.39 is 41.6 Å². The predicted octanol–water partition coefficient (Wildman–Crippen LogP) is 3.45. The lowest BCUT2D eigenvalue weighted by Gasteiger charge is -2.14. The first-order chi connectivity index (χ1) is 14.1. The molecule has 0 unspecified atom stereocenters. The predicted molar refractivity (Wildman–Crippen MR) is 96.5 cm³/mol. The van der Waals surface area contributed by atoms with Crippen LogP contribution in [0.1, 0.15) is 18.3 Å². The van der Waals surface area contributed by atoms with Crippen molar-refractivity contribution < 1.29 is 31.5 Å². The maximum absolute atomic E-state index is 13.3. The van der Waals surface area contributed by atoms with Crippen molar-refractivity contribution in [1.82, 2.24) is 9.66 Å². The first-order valence-electron chi connectivity index (χ1n) is 8.62. The highest BCUT2D eigenvalue weighted by atomic mass is 19.4. The Hall–Kier alpha value is -3.50. The number of benzene rings is 2. The van der Waals surface area contributed by atoms with E-state index in [4.69, 9.17) is 0 Å². The van der Waals surface area contributed by atoms with Crippen molar-refractivity contribution in [3.05, 3.63) is 69.8 Å². The molecule has 0 bridgehead atoms. The van der Waals surface area contributed by atoms with Crippen LogP contribution in [0.15, 0.2) is 41.2 Å². The highest BCUT2D eigenvalue weighted by Crippen LogP contribution is 2.25. The first-order valence-corrected chi connectivity index (χ1v) is 8.62. The number of carbonyl (C=O) groups excluding carboxylic acids is 1. The van der Waals surface area contributed by atoms with E-state index >= 15 is 0 Å². The van der Waals surface area contributed by atoms with Crippen LogP contribution < -0.4 is 15.7 Å². The van der Waals surface area contributed by atoms with E-state index in [0.29, 0.717) is 6.07 Å². The first kappa shape index (κ1) is 21.2. The average Bonchev–Trinajstić information content (AvgIpc) is 2.61. The second kappa shape index (κ2) is 8.09. The van der Waals surface area contributed by atoms with Crippen LogP contribution in [0.25, 0.3) is 10.9 Å². The molecule has 0 spiro atoms. The molecule has 1 aromatic heterocycles. The molecular weight excluding hydrogens is 413 g/mol. The molecule has 30 heavy (non-hydrogen) atoms. The van der Waals surface area contributed by atoms with Gasteiger partial charge in [0.1, 0.15) is 23.2 Å². The second-order valence-electron chi connectivity index (χ2n) is 6.24. The lowest BCUT2D eigenvalue weighted by Crippen LogP contribution is -2.37. The van der Waals surface area contributed by atoms with E-state index in [0.717, 1.165) is 35.0 Å². The standard InChI is InChI=1S/C19H14F5N3O3/c1-2-16-25-15-9-13(30-19(22,23)24)3-4-14(15)18(29)27(16)26-17(28)7-10-5-11(20)8-12(21)6-10/h3-6,8-9H,2,7H2,1H3,(H,26,28). The molecule has 2 aromatic carbocycles. The molecule has 6 nitrogen and oxygen atoms in total. The minimum absolute atomic E-state index is 0.0451. The molecule has 0 saturated carbocycles. The van der Waals surface area contributed by atoms with Crippen LogP contribution in [0, 0.1) is 11.6 Å². The third kappa shape index (κ3) is 4.91. The SMILES string of the molecule is CCc1nc2cc(OC(F)(F)F)ccc2c(=O)n1NC(=O)Cc1cc(F)cc(F)c1. The summed E-state index contributed by atoms with van der Waals surface area (Å²) in [6.45, 7) is 1.62. The molecule has 1 heterocycles. The molecular formula is C19H14F5N3O3. The molecule has 1 N–H and O–H groups in total. The van der Waals surface area contributed by atoms with E-state index in [2.05, 4.69) is 15.1 Å². The zero-order valence-electron chi connectivity index (χ0n) is 15.4. The number of ether oxygens (including phenoxy) is 1. The van der Waals surface area contributed by atoms with Gasteiger partial charge in [-0.2, -0.15) is 0 Å². The largest absolute Gasteiger partial charge is 0.573 e. The fraction of sp³-hybridized carbons (Fsp3) is 0.211. The number of hydrogen-bond acceptors (Lipinski definition) is 4. The van der Waals surface area contributed by atoms with Crippen molar-refractivity contribution >= 4 is 16.8 Å². The fourth-order valence-corrected chi connectivity index (χ4v) is 2.82. The van der Waals surface area contributed by atoms with Crippen molar-refractivity contribution in [1.29, 1.82) is 0 Å². The van der Waals surface area contributed by atoms with Gasteiger partial charge in [-0.15, -0.1) is 13.2 Å². The summed E-state index contributed by atoms with van der Waals surface area (Å²) in [4.78, 5) is 29.1. The summed E-state index contributed by atoms with van der Waals surface area (Å²) in [6.07, 6.45) is -5.16. The normalized spacial score (nSPS) is 11.5. The Balaban J connectivity index is 1.93. The minimum atomic E-state index is -4.90. The van der Waals surface area contributed by atoms with Gasteiger partial charge < -0.3 is 4.74 Å². The van der Waals surface area contributed by atoms with Gasteiger partial charge in [0.05, 0.1) is 17.3 Å². The summed E-state index contributed by atoms with van der Waals surface area (Å²) in [5.41, 5.74) is 1.59. The van der Waals surface area contributed by atoms with E-state index in [-0.39, 0.29) is 28.7 Å². The number of aryl methyl sites for hydroxylation is 1. The summed E-state index contributed by atoms with van der Waals surface area (Å²) in [7, 11) is 0. The van der Waals surface area contributed by atoms with Gasteiger partial charge in [0, 0.05) is 18.6 Å². The van der Waals surface area contributed by atoms with Gasteiger partial charge in [0.25, 0.3) is 5.56 Å². The van der Waals surface area contributed by atoms with Crippen LogP contribution >= 0.6 is 0 Å². The molecule has 3 rings (SSSR count). The van der Waals surface area contributed by atoms with Crippen LogP contribution in [-0.4, -0.2) is 21.9 Å². The summed E-state index contributed by atoms with van der Waals surface area (Å²) in [5, 5.41) is -0.0566. The number of nitrogens with one attached hydrogen (secondary N) is 1. The summed E-state index contributed by atoms with van der Waals surface area (Å²) < 4.78 is 68.4. The van der Waals surface area contributed by atoms with E-state index in [1.807, 2.05) is 0 Å². The van der Waals surface area contributed by atoms with Gasteiger partial charge >= 0.3 is 6.36 Å². The van der Waals surface area contributed by atoms with Gasteiger partial charge in [-0.25, -0.2) is 18.4 Å². The van der Waals surface area contributed by atoms with Gasteiger partial charge in [-0.1, -0.05) is 6.92 Å². The van der Waals surface area contributed by atoms with E-state index in [1.165, 1.54) is 0 Å². The Kier molecular flexibility index (Phi) is 5.72. The van der Waals surface area contributed by atoms with Crippen molar-refractivity contribution in [2.45, 2.75) is 26.1 Å². The fourth-order valence-electron chi connectivity index (χ4n) is 2.82. The molecule has 0 aliphatic rings.